The standard InChI is InChI=1S/C25H19ClN2O2S/c1-30-17-12-9-16(10-13-17)23(22-18-6-3-2-5-15(18)11-14-20(22)29)27-25-28-24-19(26)7-4-8-21(24)31-25/h2-14,23,29H,1H3,(H,27,28). The Morgan fingerprint density at radius 1 is 0.968 bits per heavy atom. The second kappa shape index (κ2) is 8.10. The number of fused-ring (bicyclic) bond motifs is 2. The Hall–Kier alpha value is -3.28. The Morgan fingerprint density at radius 3 is 2.55 bits per heavy atom. The summed E-state index contributed by atoms with van der Waals surface area (Å²) in [5.41, 5.74) is 2.55. The molecule has 5 rings (SSSR count). The van der Waals surface area contributed by atoms with Crippen molar-refractivity contribution < 1.29 is 9.84 Å². The van der Waals surface area contributed by atoms with Gasteiger partial charge >= 0.3 is 0 Å². The van der Waals surface area contributed by atoms with Gasteiger partial charge in [-0.1, -0.05) is 71.5 Å². The van der Waals surface area contributed by atoms with Crippen LogP contribution in [0, 0.1) is 0 Å². The smallest absolute Gasteiger partial charge is 0.184 e. The molecular formula is C25H19ClN2O2S. The van der Waals surface area contributed by atoms with Gasteiger partial charge in [0.05, 0.1) is 22.9 Å². The van der Waals surface area contributed by atoms with Gasteiger partial charge in [-0.3, -0.25) is 0 Å². The van der Waals surface area contributed by atoms with Gasteiger partial charge in [-0.2, -0.15) is 0 Å². The summed E-state index contributed by atoms with van der Waals surface area (Å²) in [6, 6.07) is 25.0. The molecule has 4 nitrogen and oxygen atoms in total. The number of aromatic hydroxyl groups is 1. The maximum absolute atomic E-state index is 10.9. The van der Waals surface area contributed by atoms with Crippen molar-refractivity contribution in [1.29, 1.82) is 0 Å². The van der Waals surface area contributed by atoms with Crippen molar-refractivity contribution in [3.8, 4) is 11.5 Å². The molecule has 31 heavy (non-hydrogen) atoms. The van der Waals surface area contributed by atoms with E-state index < -0.39 is 0 Å². The van der Waals surface area contributed by atoms with Crippen LogP contribution >= 0.6 is 22.9 Å². The zero-order chi connectivity index (χ0) is 21.4. The summed E-state index contributed by atoms with van der Waals surface area (Å²) in [5.74, 6) is 1.00. The summed E-state index contributed by atoms with van der Waals surface area (Å²) in [4.78, 5) is 4.72. The van der Waals surface area contributed by atoms with Gasteiger partial charge in [0.1, 0.15) is 17.0 Å². The third kappa shape index (κ3) is 3.67. The molecule has 0 saturated heterocycles. The van der Waals surface area contributed by atoms with Crippen LogP contribution in [0.4, 0.5) is 5.13 Å². The highest BCUT2D eigenvalue weighted by atomic mass is 35.5. The maximum Gasteiger partial charge on any atom is 0.184 e. The molecule has 0 aliphatic heterocycles. The number of aromatic nitrogens is 1. The number of rotatable bonds is 5. The number of nitrogens with one attached hydrogen (secondary N) is 1. The number of hydrogen-bond acceptors (Lipinski definition) is 5. The number of thiazole rings is 1. The third-order valence-electron chi connectivity index (χ3n) is 5.32. The van der Waals surface area contributed by atoms with Gasteiger partial charge in [-0.05, 0) is 46.7 Å². The summed E-state index contributed by atoms with van der Waals surface area (Å²) in [5, 5.41) is 17.8. The first-order valence-electron chi connectivity index (χ1n) is 9.80. The van der Waals surface area contributed by atoms with E-state index in [1.165, 1.54) is 11.3 Å². The Bertz CT molecular complexity index is 1380. The van der Waals surface area contributed by atoms with Crippen LogP contribution in [-0.2, 0) is 0 Å². The van der Waals surface area contributed by atoms with E-state index in [9.17, 15) is 5.11 Å². The van der Waals surface area contributed by atoms with E-state index in [2.05, 4.69) is 5.32 Å². The molecule has 0 saturated carbocycles. The molecule has 1 aromatic heterocycles. The molecule has 0 amide bonds. The number of para-hydroxylation sites is 1. The number of methoxy groups -OCH3 is 1. The van der Waals surface area contributed by atoms with Gasteiger partial charge in [0.2, 0.25) is 0 Å². The van der Waals surface area contributed by atoms with Gasteiger partial charge in [0, 0.05) is 5.56 Å². The summed E-state index contributed by atoms with van der Waals surface area (Å²) >= 11 is 7.88. The second-order valence-corrected chi connectivity index (χ2v) is 8.61. The fraction of sp³-hybridized carbons (Fsp3) is 0.0800. The van der Waals surface area contributed by atoms with Gasteiger partial charge in [0.15, 0.2) is 5.13 Å². The van der Waals surface area contributed by atoms with Crippen molar-refractivity contribution in [2.24, 2.45) is 0 Å². The number of hydrogen-bond donors (Lipinski definition) is 2. The highest BCUT2D eigenvalue weighted by Crippen LogP contribution is 2.40. The fourth-order valence-electron chi connectivity index (χ4n) is 3.81. The molecule has 2 N–H and O–H groups in total. The minimum atomic E-state index is -0.323. The predicted molar refractivity (Wildman–Crippen MR) is 129 cm³/mol. The molecule has 1 unspecified atom stereocenters. The van der Waals surface area contributed by atoms with Crippen molar-refractivity contribution in [3.05, 3.63) is 95.0 Å². The lowest BCUT2D eigenvalue weighted by atomic mass is 9.93. The number of anilines is 1. The van der Waals surface area contributed by atoms with Gasteiger partial charge < -0.3 is 15.2 Å². The van der Waals surface area contributed by atoms with Crippen LogP contribution in [0.5, 0.6) is 11.5 Å². The van der Waals surface area contributed by atoms with Gasteiger partial charge in [-0.15, -0.1) is 0 Å². The van der Waals surface area contributed by atoms with E-state index in [0.717, 1.165) is 43.0 Å². The van der Waals surface area contributed by atoms with Gasteiger partial charge in [0.25, 0.3) is 0 Å². The average molecular weight is 447 g/mol. The van der Waals surface area contributed by atoms with Crippen LogP contribution in [-0.4, -0.2) is 17.2 Å². The molecular weight excluding hydrogens is 428 g/mol. The molecule has 1 atom stereocenters. The summed E-state index contributed by atoms with van der Waals surface area (Å²) < 4.78 is 6.33. The van der Waals surface area contributed by atoms with Gasteiger partial charge in [-0.25, -0.2) is 4.98 Å². The first-order chi connectivity index (χ1) is 15.1. The normalized spacial score (nSPS) is 12.2. The topological polar surface area (TPSA) is 54.4 Å². The number of phenolic OH excluding ortho intramolecular Hbond substituents is 1. The number of ether oxygens (including phenoxy) is 1. The van der Waals surface area contributed by atoms with Crippen LogP contribution in [0.2, 0.25) is 5.02 Å². The molecule has 0 fully saturated rings. The zero-order valence-electron chi connectivity index (χ0n) is 16.7. The Balaban J connectivity index is 1.68. The number of halogens is 1. The number of benzene rings is 4. The Kier molecular flexibility index (Phi) is 5.14. The molecule has 0 aliphatic carbocycles. The molecule has 1 heterocycles. The highest BCUT2D eigenvalue weighted by molar-refractivity contribution is 7.22. The first kappa shape index (κ1) is 19.7. The third-order valence-corrected chi connectivity index (χ3v) is 6.58. The lowest BCUT2D eigenvalue weighted by Crippen LogP contribution is -2.13. The molecule has 0 bridgehead atoms. The maximum atomic E-state index is 10.9. The van der Waals surface area contributed by atoms with Crippen molar-refractivity contribution in [1.82, 2.24) is 4.98 Å². The van der Waals surface area contributed by atoms with Crippen molar-refractivity contribution in [2.45, 2.75) is 6.04 Å². The number of nitrogens with zero attached hydrogens (tertiary/aromatic N) is 1. The van der Waals surface area contributed by atoms with Crippen LogP contribution in [0.1, 0.15) is 17.2 Å². The van der Waals surface area contributed by atoms with E-state index in [0.29, 0.717) is 5.02 Å². The van der Waals surface area contributed by atoms with Crippen molar-refractivity contribution >= 4 is 49.1 Å². The molecule has 0 radical (unpaired) electrons. The molecule has 5 aromatic rings. The van der Waals surface area contributed by atoms with E-state index in [-0.39, 0.29) is 11.8 Å². The van der Waals surface area contributed by atoms with Crippen molar-refractivity contribution in [2.75, 3.05) is 12.4 Å². The Morgan fingerprint density at radius 2 is 1.77 bits per heavy atom. The van der Waals surface area contributed by atoms with Crippen LogP contribution in [0.15, 0.2) is 78.9 Å². The second-order valence-electron chi connectivity index (χ2n) is 7.18. The molecule has 0 aliphatic rings. The lowest BCUT2D eigenvalue weighted by Gasteiger charge is -2.22. The SMILES string of the molecule is COc1ccc(C(Nc2nc3c(Cl)cccc3s2)c2c(O)ccc3ccccc23)cc1. The predicted octanol–water partition coefficient (Wildman–Crippen LogP) is 7.02. The minimum Gasteiger partial charge on any atom is -0.508 e. The quantitative estimate of drug-likeness (QED) is 0.304. The van der Waals surface area contributed by atoms with E-state index in [4.69, 9.17) is 21.3 Å². The number of phenols is 1. The van der Waals surface area contributed by atoms with E-state index >= 15 is 0 Å². The fourth-order valence-corrected chi connectivity index (χ4v) is 5.00. The summed E-state index contributed by atoms with van der Waals surface area (Å²) in [6.45, 7) is 0. The average Bonchev–Trinajstić information content (AvgIpc) is 3.22. The van der Waals surface area contributed by atoms with E-state index in [1.807, 2.05) is 72.8 Å². The van der Waals surface area contributed by atoms with E-state index in [1.54, 1.807) is 13.2 Å². The van der Waals surface area contributed by atoms with Crippen molar-refractivity contribution in [3.63, 3.8) is 0 Å². The van der Waals surface area contributed by atoms with Crippen LogP contribution in [0.25, 0.3) is 21.0 Å². The Labute approximate surface area is 188 Å². The van der Waals surface area contributed by atoms with Crippen LogP contribution in [0.3, 0.4) is 0 Å². The summed E-state index contributed by atoms with van der Waals surface area (Å²) in [7, 11) is 1.64. The molecule has 6 heteroatoms. The zero-order valence-corrected chi connectivity index (χ0v) is 18.2. The van der Waals surface area contributed by atoms with Crippen LogP contribution < -0.4 is 10.1 Å². The molecule has 4 aromatic carbocycles. The highest BCUT2D eigenvalue weighted by Gasteiger charge is 2.22. The first-order valence-corrected chi connectivity index (χ1v) is 11.0. The minimum absolute atomic E-state index is 0.228. The lowest BCUT2D eigenvalue weighted by molar-refractivity contribution is 0.414. The largest absolute Gasteiger partial charge is 0.508 e. The molecule has 0 spiro atoms. The molecule has 154 valence electrons. The summed E-state index contributed by atoms with van der Waals surface area (Å²) in [6.07, 6.45) is 0. The monoisotopic (exact) mass is 446 g/mol.